The second-order valence-electron chi connectivity index (χ2n) is 7.65. The molecule has 0 bridgehead atoms. The van der Waals surface area contributed by atoms with Crippen molar-refractivity contribution in [2.75, 3.05) is 36.0 Å². The molecule has 0 radical (unpaired) electrons. The van der Waals surface area contributed by atoms with Crippen LogP contribution < -0.4 is 9.80 Å². The summed E-state index contributed by atoms with van der Waals surface area (Å²) in [5, 5.41) is 0. The molecule has 0 aromatic carbocycles. The molecule has 0 amide bonds. The van der Waals surface area contributed by atoms with Crippen LogP contribution in [0.2, 0.25) is 0 Å². The predicted molar refractivity (Wildman–Crippen MR) is 96.8 cm³/mol. The van der Waals surface area contributed by atoms with Crippen LogP contribution in [-0.2, 0) is 6.42 Å². The quantitative estimate of drug-likeness (QED) is 0.854. The highest BCUT2D eigenvalue weighted by molar-refractivity contribution is 5.44. The van der Waals surface area contributed by atoms with Crippen LogP contribution in [0.25, 0.3) is 0 Å². The van der Waals surface area contributed by atoms with E-state index in [0.29, 0.717) is 17.8 Å². The van der Waals surface area contributed by atoms with Crippen molar-refractivity contribution in [1.29, 1.82) is 0 Å². The van der Waals surface area contributed by atoms with Gasteiger partial charge in [-0.25, -0.2) is 19.9 Å². The molecule has 130 valence electrons. The molecule has 6 heteroatoms. The van der Waals surface area contributed by atoms with E-state index >= 15 is 0 Å². The van der Waals surface area contributed by atoms with E-state index in [-0.39, 0.29) is 0 Å². The summed E-state index contributed by atoms with van der Waals surface area (Å²) in [7, 11) is 0. The Labute approximate surface area is 148 Å². The molecule has 25 heavy (non-hydrogen) atoms. The fourth-order valence-electron chi connectivity index (χ4n) is 4.17. The van der Waals surface area contributed by atoms with Crippen molar-refractivity contribution >= 4 is 11.8 Å². The molecule has 2 atom stereocenters. The molecule has 2 aromatic heterocycles. The average Bonchev–Trinajstić information content (AvgIpc) is 3.32. The van der Waals surface area contributed by atoms with Crippen molar-refractivity contribution in [3.8, 4) is 0 Å². The van der Waals surface area contributed by atoms with E-state index in [1.165, 1.54) is 24.1 Å². The van der Waals surface area contributed by atoms with Gasteiger partial charge in [0.25, 0.3) is 0 Å². The molecule has 0 N–H and O–H groups in total. The summed E-state index contributed by atoms with van der Waals surface area (Å²) < 4.78 is 0. The summed E-state index contributed by atoms with van der Waals surface area (Å²) >= 11 is 0. The SMILES string of the molecule is CCc1cnc(N2CC3CN(c4cc(C5CC5)ncn4)CC3C2)nc1. The molecular weight excluding hydrogens is 312 g/mol. The summed E-state index contributed by atoms with van der Waals surface area (Å²) in [5.74, 6) is 4.03. The lowest BCUT2D eigenvalue weighted by Gasteiger charge is -2.22. The lowest BCUT2D eigenvalue weighted by Crippen LogP contribution is -2.30. The smallest absolute Gasteiger partial charge is 0.225 e. The molecule has 1 aliphatic carbocycles. The number of aromatic nitrogens is 4. The molecule has 2 aliphatic heterocycles. The minimum Gasteiger partial charge on any atom is -0.356 e. The van der Waals surface area contributed by atoms with E-state index in [9.17, 15) is 0 Å². The van der Waals surface area contributed by atoms with Crippen LogP contribution in [0.3, 0.4) is 0 Å². The van der Waals surface area contributed by atoms with Crippen LogP contribution in [0.15, 0.2) is 24.8 Å². The molecule has 6 nitrogen and oxygen atoms in total. The molecule has 4 heterocycles. The van der Waals surface area contributed by atoms with Gasteiger partial charge in [-0.1, -0.05) is 6.92 Å². The Morgan fingerprint density at radius 2 is 1.60 bits per heavy atom. The molecular formula is C19H24N6. The predicted octanol–water partition coefficient (Wildman–Crippen LogP) is 2.28. The molecule has 3 aliphatic rings. The summed E-state index contributed by atoms with van der Waals surface area (Å²) in [6.07, 6.45) is 9.22. The van der Waals surface area contributed by atoms with E-state index in [1.807, 2.05) is 12.4 Å². The van der Waals surface area contributed by atoms with Crippen LogP contribution in [0, 0.1) is 11.8 Å². The van der Waals surface area contributed by atoms with Crippen LogP contribution in [0.4, 0.5) is 11.8 Å². The third-order valence-electron chi connectivity index (χ3n) is 5.86. The van der Waals surface area contributed by atoms with Gasteiger partial charge >= 0.3 is 0 Å². The monoisotopic (exact) mass is 336 g/mol. The van der Waals surface area contributed by atoms with Gasteiger partial charge in [0.1, 0.15) is 12.1 Å². The summed E-state index contributed by atoms with van der Waals surface area (Å²) in [4.78, 5) is 22.9. The van der Waals surface area contributed by atoms with Gasteiger partial charge in [-0.15, -0.1) is 0 Å². The van der Waals surface area contributed by atoms with Gasteiger partial charge < -0.3 is 9.80 Å². The second kappa shape index (κ2) is 5.93. The van der Waals surface area contributed by atoms with E-state index in [2.05, 4.69) is 42.7 Å². The van der Waals surface area contributed by atoms with Crippen LogP contribution in [0.5, 0.6) is 0 Å². The van der Waals surface area contributed by atoms with E-state index in [4.69, 9.17) is 0 Å². The maximum absolute atomic E-state index is 4.55. The maximum Gasteiger partial charge on any atom is 0.225 e. The zero-order valence-electron chi connectivity index (χ0n) is 14.7. The van der Waals surface area contributed by atoms with E-state index in [1.54, 1.807) is 6.33 Å². The Morgan fingerprint density at radius 3 is 2.24 bits per heavy atom. The van der Waals surface area contributed by atoms with Crippen LogP contribution >= 0.6 is 0 Å². The fourth-order valence-corrected chi connectivity index (χ4v) is 4.17. The number of hydrogen-bond acceptors (Lipinski definition) is 6. The molecule has 2 saturated heterocycles. The van der Waals surface area contributed by atoms with Gasteiger partial charge in [0.05, 0.1) is 0 Å². The zero-order chi connectivity index (χ0) is 16.8. The van der Waals surface area contributed by atoms with E-state index < -0.39 is 0 Å². The lowest BCUT2D eigenvalue weighted by atomic mass is 10.0. The minimum atomic E-state index is 0.675. The number of hydrogen-bond donors (Lipinski definition) is 0. The van der Waals surface area contributed by atoms with Crippen molar-refractivity contribution in [2.24, 2.45) is 11.8 Å². The van der Waals surface area contributed by atoms with Gasteiger partial charge in [-0.05, 0) is 24.8 Å². The number of nitrogens with zero attached hydrogens (tertiary/aromatic N) is 6. The first-order chi connectivity index (χ1) is 12.3. The van der Waals surface area contributed by atoms with Crippen LogP contribution in [-0.4, -0.2) is 46.1 Å². The summed E-state index contributed by atoms with van der Waals surface area (Å²) in [5.41, 5.74) is 2.43. The third-order valence-corrected chi connectivity index (χ3v) is 5.86. The Hall–Kier alpha value is -2.24. The molecule has 2 unspecified atom stereocenters. The lowest BCUT2D eigenvalue weighted by molar-refractivity contribution is 0.533. The van der Waals surface area contributed by atoms with Gasteiger partial charge in [-0.2, -0.15) is 0 Å². The molecule has 0 spiro atoms. The molecule has 5 rings (SSSR count). The number of aryl methyl sites for hydroxylation is 1. The Morgan fingerprint density at radius 1 is 0.920 bits per heavy atom. The normalized spacial score (nSPS) is 25.5. The summed E-state index contributed by atoms with van der Waals surface area (Å²) in [6, 6.07) is 2.21. The number of rotatable bonds is 4. The first-order valence-corrected chi connectivity index (χ1v) is 9.43. The first-order valence-electron chi connectivity index (χ1n) is 9.43. The van der Waals surface area contributed by atoms with Crippen molar-refractivity contribution in [2.45, 2.75) is 32.1 Å². The maximum atomic E-state index is 4.55. The molecule has 3 fully saturated rings. The first kappa shape index (κ1) is 15.0. The Balaban J connectivity index is 1.26. The number of anilines is 2. The van der Waals surface area contributed by atoms with Crippen molar-refractivity contribution in [1.82, 2.24) is 19.9 Å². The standard InChI is InChI=1S/C19H24N6/c1-2-13-6-20-19(21-7-13)25-10-15-8-24(9-16(15)11-25)18-5-17(14-3-4-14)22-12-23-18/h5-7,12,14-16H,2-4,8-11H2,1H3. The van der Waals surface area contributed by atoms with Gasteiger partial charge in [0.15, 0.2) is 0 Å². The zero-order valence-corrected chi connectivity index (χ0v) is 14.7. The second-order valence-corrected chi connectivity index (χ2v) is 7.65. The topological polar surface area (TPSA) is 58.0 Å². The van der Waals surface area contributed by atoms with Crippen molar-refractivity contribution in [3.05, 3.63) is 36.0 Å². The largest absolute Gasteiger partial charge is 0.356 e. The van der Waals surface area contributed by atoms with Gasteiger partial charge in [0, 0.05) is 68.1 Å². The average molecular weight is 336 g/mol. The Kier molecular flexibility index (Phi) is 3.57. The van der Waals surface area contributed by atoms with Gasteiger partial charge in [-0.3, -0.25) is 0 Å². The Bertz CT molecular complexity index is 743. The molecule has 1 saturated carbocycles. The minimum absolute atomic E-state index is 0.675. The molecule has 2 aromatic rings. The number of fused-ring (bicyclic) bond motifs is 1. The summed E-state index contributed by atoms with van der Waals surface area (Å²) in [6.45, 7) is 6.39. The van der Waals surface area contributed by atoms with Crippen molar-refractivity contribution < 1.29 is 0 Å². The highest BCUT2D eigenvalue weighted by atomic mass is 15.3. The highest BCUT2D eigenvalue weighted by Crippen LogP contribution is 2.40. The van der Waals surface area contributed by atoms with Gasteiger partial charge in [0.2, 0.25) is 5.95 Å². The van der Waals surface area contributed by atoms with Crippen molar-refractivity contribution in [3.63, 3.8) is 0 Å². The fraction of sp³-hybridized carbons (Fsp3) is 0.579. The van der Waals surface area contributed by atoms with Crippen LogP contribution in [0.1, 0.15) is 36.9 Å². The third kappa shape index (κ3) is 2.83. The van der Waals surface area contributed by atoms with E-state index in [0.717, 1.165) is 44.4 Å². The highest BCUT2D eigenvalue weighted by Gasteiger charge is 2.41.